The van der Waals surface area contributed by atoms with Crippen LogP contribution in [0.2, 0.25) is 0 Å². The minimum atomic E-state index is -4.96. The monoisotopic (exact) mass is 1440 g/mol. The van der Waals surface area contributed by atoms with Gasteiger partial charge in [0.25, 0.3) is 0 Å². The van der Waals surface area contributed by atoms with Gasteiger partial charge in [0.1, 0.15) is 19.3 Å². The van der Waals surface area contributed by atoms with Crippen molar-refractivity contribution in [1.29, 1.82) is 0 Å². The van der Waals surface area contributed by atoms with Crippen molar-refractivity contribution < 1.29 is 80.2 Å². The first-order valence-corrected chi connectivity index (χ1v) is 44.3. The fraction of sp³-hybridized carbons (Fsp3) is 0.949. The first-order chi connectivity index (χ1) is 47.7. The summed E-state index contributed by atoms with van der Waals surface area (Å²) in [7, 11) is -9.90. The average molecular weight is 1440 g/mol. The third kappa shape index (κ3) is 72.4. The molecule has 0 rings (SSSR count). The van der Waals surface area contributed by atoms with Gasteiger partial charge in [-0.05, 0) is 25.7 Å². The van der Waals surface area contributed by atoms with Crippen LogP contribution in [0.25, 0.3) is 0 Å². The van der Waals surface area contributed by atoms with Crippen LogP contribution in [0.15, 0.2) is 0 Å². The van der Waals surface area contributed by atoms with E-state index in [9.17, 15) is 43.2 Å². The van der Waals surface area contributed by atoms with Crippen LogP contribution in [-0.4, -0.2) is 96.7 Å². The molecule has 98 heavy (non-hydrogen) atoms. The molecular formula is C79H154O17P2. The van der Waals surface area contributed by atoms with E-state index in [1.807, 2.05) is 0 Å². The number of phosphoric ester groups is 2. The Bertz CT molecular complexity index is 1860. The highest BCUT2D eigenvalue weighted by atomic mass is 31.2. The minimum Gasteiger partial charge on any atom is -0.462 e. The molecule has 0 aromatic carbocycles. The Morgan fingerprint density at radius 1 is 0.245 bits per heavy atom. The van der Waals surface area contributed by atoms with Crippen molar-refractivity contribution >= 4 is 39.5 Å². The van der Waals surface area contributed by atoms with Gasteiger partial charge >= 0.3 is 39.5 Å². The highest BCUT2D eigenvalue weighted by Crippen LogP contribution is 2.45. The second-order valence-corrected chi connectivity index (χ2v) is 31.4. The van der Waals surface area contributed by atoms with Gasteiger partial charge < -0.3 is 33.8 Å². The summed E-state index contributed by atoms with van der Waals surface area (Å²) in [5.41, 5.74) is 0. The summed E-state index contributed by atoms with van der Waals surface area (Å²) in [5, 5.41) is 10.6. The molecule has 0 bridgehead atoms. The van der Waals surface area contributed by atoms with Gasteiger partial charge in [-0.25, -0.2) is 9.13 Å². The van der Waals surface area contributed by atoms with Crippen LogP contribution in [-0.2, 0) is 65.4 Å². The van der Waals surface area contributed by atoms with E-state index < -0.39 is 97.5 Å². The summed E-state index contributed by atoms with van der Waals surface area (Å²) in [6, 6.07) is 0. The summed E-state index contributed by atoms with van der Waals surface area (Å²) < 4.78 is 68.4. The predicted molar refractivity (Wildman–Crippen MR) is 400 cm³/mol. The number of ether oxygens (including phenoxy) is 4. The molecule has 0 spiro atoms. The third-order valence-corrected chi connectivity index (χ3v) is 20.5. The number of rotatable bonds is 80. The predicted octanol–water partition coefficient (Wildman–Crippen LogP) is 23.8. The number of phosphoric acid groups is 2. The van der Waals surface area contributed by atoms with Gasteiger partial charge in [0.15, 0.2) is 12.2 Å². The van der Waals surface area contributed by atoms with Gasteiger partial charge in [-0.15, -0.1) is 0 Å². The fourth-order valence-corrected chi connectivity index (χ4v) is 13.9. The molecule has 0 aliphatic rings. The van der Waals surface area contributed by atoms with E-state index in [1.54, 1.807) is 0 Å². The van der Waals surface area contributed by atoms with Gasteiger partial charge in [0.2, 0.25) is 0 Å². The zero-order valence-electron chi connectivity index (χ0n) is 63.8. The van der Waals surface area contributed by atoms with Crippen molar-refractivity contribution in [3.63, 3.8) is 0 Å². The minimum absolute atomic E-state index is 0.108. The van der Waals surface area contributed by atoms with E-state index in [0.717, 1.165) is 96.3 Å². The zero-order chi connectivity index (χ0) is 71.8. The number of carbonyl (C=O) groups excluding carboxylic acids is 4. The lowest BCUT2D eigenvalue weighted by atomic mass is 10.0. The van der Waals surface area contributed by atoms with Crippen molar-refractivity contribution in [3.05, 3.63) is 0 Å². The lowest BCUT2D eigenvalue weighted by Gasteiger charge is -2.21. The van der Waals surface area contributed by atoms with E-state index in [4.69, 9.17) is 37.0 Å². The van der Waals surface area contributed by atoms with Crippen molar-refractivity contribution in [2.24, 2.45) is 0 Å². The topological polar surface area (TPSA) is 237 Å². The Morgan fingerprint density at radius 2 is 0.408 bits per heavy atom. The molecule has 17 nitrogen and oxygen atoms in total. The highest BCUT2D eigenvalue weighted by molar-refractivity contribution is 7.47. The molecule has 0 aromatic rings. The van der Waals surface area contributed by atoms with Crippen molar-refractivity contribution in [2.75, 3.05) is 39.6 Å². The lowest BCUT2D eigenvalue weighted by molar-refractivity contribution is -0.161. The largest absolute Gasteiger partial charge is 0.472 e. The summed E-state index contributed by atoms with van der Waals surface area (Å²) >= 11 is 0. The lowest BCUT2D eigenvalue weighted by Crippen LogP contribution is -2.30. The van der Waals surface area contributed by atoms with Crippen LogP contribution in [0.1, 0.15) is 426 Å². The molecule has 0 aliphatic heterocycles. The fourth-order valence-electron chi connectivity index (χ4n) is 12.3. The molecule has 582 valence electrons. The van der Waals surface area contributed by atoms with E-state index in [0.29, 0.717) is 25.7 Å². The number of aliphatic hydroxyl groups is 1. The summed E-state index contributed by atoms with van der Waals surface area (Å²) in [6.45, 7) is 4.92. The summed E-state index contributed by atoms with van der Waals surface area (Å²) in [5.74, 6) is -2.12. The second-order valence-electron chi connectivity index (χ2n) is 28.5. The molecule has 2 unspecified atom stereocenters. The SMILES string of the molecule is CCCCCCCCCCCCCCCCCCCCCCCCC(=O)O[C@H](COC(=O)CCCCCCCCCCCCCCCCCCC)COP(=O)(O)OC[C@@H](O)COP(=O)(O)OC[C@@H](COC(=O)CCCCCCC)OC(=O)CCCCCCCCCCCCCCCC. The van der Waals surface area contributed by atoms with Gasteiger partial charge in [-0.2, -0.15) is 0 Å². The number of esters is 4. The van der Waals surface area contributed by atoms with Gasteiger partial charge in [0.05, 0.1) is 26.4 Å². The summed E-state index contributed by atoms with van der Waals surface area (Å²) in [6.07, 6.45) is 65.8. The van der Waals surface area contributed by atoms with Crippen LogP contribution in [0, 0.1) is 0 Å². The van der Waals surface area contributed by atoms with Crippen molar-refractivity contribution in [2.45, 2.75) is 444 Å². The van der Waals surface area contributed by atoms with E-state index in [2.05, 4.69) is 27.7 Å². The molecule has 19 heteroatoms. The molecule has 3 N–H and O–H groups in total. The van der Waals surface area contributed by atoms with E-state index in [-0.39, 0.29) is 25.7 Å². The maximum absolute atomic E-state index is 13.1. The van der Waals surface area contributed by atoms with Crippen LogP contribution in [0.4, 0.5) is 0 Å². The Hall–Kier alpha value is -1.94. The molecule has 0 saturated heterocycles. The quantitative estimate of drug-likeness (QED) is 0.0222. The van der Waals surface area contributed by atoms with E-state index >= 15 is 0 Å². The Kier molecular flexibility index (Phi) is 71.9. The molecule has 0 heterocycles. The highest BCUT2D eigenvalue weighted by Gasteiger charge is 2.30. The number of hydrogen-bond donors (Lipinski definition) is 3. The van der Waals surface area contributed by atoms with Crippen molar-refractivity contribution in [1.82, 2.24) is 0 Å². The Morgan fingerprint density at radius 3 is 0.602 bits per heavy atom. The van der Waals surface area contributed by atoms with Crippen LogP contribution < -0.4 is 0 Å². The Balaban J connectivity index is 5.11. The first-order valence-electron chi connectivity index (χ1n) is 41.3. The van der Waals surface area contributed by atoms with Crippen molar-refractivity contribution in [3.8, 4) is 0 Å². The molecule has 5 atom stereocenters. The number of unbranched alkanes of at least 4 members (excludes halogenated alkanes) is 54. The molecule has 0 radical (unpaired) electrons. The molecule has 0 amide bonds. The van der Waals surface area contributed by atoms with Crippen LogP contribution in [0.3, 0.4) is 0 Å². The Labute approximate surface area is 600 Å². The molecular weight excluding hydrogens is 1280 g/mol. The van der Waals surface area contributed by atoms with Gasteiger partial charge in [-0.3, -0.25) is 37.3 Å². The third-order valence-electron chi connectivity index (χ3n) is 18.6. The van der Waals surface area contributed by atoms with E-state index in [1.165, 1.54) is 250 Å². The molecule has 0 aliphatic carbocycles. The number of carbonyl (C=O) groups is 4. The van der Waals surface area contributed by atoms with Gasteiger partial charge in [-0.1, -0.05) is 374 Å². The van der Waals surface area contributed by atoms with Crippen LogP contribution >= 0.6 is 15.6 Å². The molecule has 0 fully saturated rings. The zero-order valence-corrected chi connectivity index (χ0v) is 65.6. The number of hydrogen-bond acceptors (Lipinski definition) is 15. The summed E-state index contributed by atoms with van der Waals surface area (Å²) in [4.78, 5) is 72.6. The van der Waals surface area contributed by atoms with Gasteiger partial charge in [0, 0.05) is 25.7 Å². The first kappa shape index (κ1) is 96.1. The molecule has 0 saturated carbocycles. The standard InChI is InChI=1S/C79H154O17P2/c1-5-9-13-17-20-23-26-29-32-34-35-36-37-38-40-42-45-48-51-54-58-62-66-79(84)96-75(70-90-77(82)64-60-56-52-49-46-44-41-39-33-30-27-24-21-18-14-10-6-2)72-94-98(87,88)92-68-73(80)67-91-97(85,86)93-71-74(69-89-76(81)63-59-55-16-12-8-4)95-78(83)65-61-57-53-50-47-43-31-28-25-22-19-15-11-7-3/h73-75,80H,5-72H2,1-4H3,(H,85,86)(H,87,88)/t73-,74+,75+/m0/s1. The normalized spacial score (nSPS) is 13.8. The van der Waals surface area contributed by atoms with Crippen LogP contribution in [0.5, 0.6) is 0 Å². The maximum atomic E-state index is 13.1. The second kappa shape index (κ2) is 73.4. The smallest absolute Gasteiger partial charge is 0.462 e. The number of aliphatic hydroxyl groups excluding tert-OH is 1. The molecule has 0 aromatic heterocycles. The average Bonchev–Trinajstić information content (AvgIpc) is 1.08. The maximum Gasteiger partial charge on any atom is 0.472 e.